The molecule has 3 aliphatic rings. The molecule has 144 valence electrons. The van der Waals surface area contributed by atoms with E-state index in [1.807, 2.05) is 4.90 Å². The van der Waals surface area contributed by atoms with Crippen LogP contribution in [0.2, 0.25) is 0 Å². The van der Waals surface area contributed by atoms with Crippen molar-refractivity contribution < 1.29 is 19.2 Å². The van der Waals surface area contributed by atoms with Crippen LogP contribution < -0.4 is 10.2 Å². The normalized spacial score (nSPS) is 24.3. The number of amides is 4. The van der Waals surface area contributed by atoms with Gasteiger partial charge < -0.3 is 4.90 Å². The fourth-order valence-corrected chi connectivity index (χ4v) is 4.11. The molecule has 1 aromatic carbocycles. The average Bonchev–Trinajstić information content (AvgIpc) is 3.24. The van der Waals surface area contributed by atoms with E-state index in [2.05, 4.69) is 15.3 Å². The smallest absolute Gasteiger partial charge is 0.264 e. The molecule has 2 fully saturated rings. The second-order valence-corrected chi connectivity index (χ2v) is 7.16. The van der Waals surface area contributed by atoms with Crippen molar-refractivity contribution >= 4 is 29.3 Å². The van der Waals surface area contributed by atoms with Gasteiger partial charge in [-0.15, -0.1) is 0 Å². The molecule has 0 saturated carbocycles. The Labute approximate surface area is 160 Å². The zero-order valence-corrected chi connectivity index (χ0v) is 15.0. The first-order valence-corrected chi connectivity index (χ1v) is 9.11. The van der Waals surface area contributed by atoms with Crippen LogP contribution >= 0.6 is 0 Å². The fourth-order valence-electron chi connectivity index (χ4n) is 4.11. The van der Waals surface area contributed by atoms with Gasteiger partial charge in [-0.25, -0.2) is 0 Å². The number of hydrogen-bond acceptors (Lipinski definition) is 6. The maximum absolute atomic E-state index is 13.1. The van der Waals surface area contributed by atoms with Crippen molar-refractivity contribution in [3.05, 3.63) is 39.8 Å². The number of fused-ring (bicyclic) bond motifs is 1. The molecule has 2 unspecified atom stereocenters. The first-order valence-electron chi connectivity index (χ1n) is 9.11. The summed E-state index contributed by atoms with van der Waals surface area (Å²) < 4.78 is 0. The highest BCUT2D eigenvalue weighted by Crippen LogP contribution is 2.36. The summed E-state index contributed by atoms with van der Waals surface area (Å²) in [6.07, 6.45) is 1.04. The van der Waals surface area contributed by atoms with Gasteiger partial charge in [0.15, 0.2) is 0 Å². The van der Waals surface area contributed by atoms with Gasteiger partial charge in [0.05, 0.1) is 16.8 Å². The highest BCUT2D eigenvalue weighted by molar-refractivity contribution is 6.25. The van der Waals surface area contributed by atoms with E-state index in [4.69, 9.17) is 5.53 Å². The summed E-state index contributed by atoms with van der Waals surface area (Å²) in [5.74, 6) is -1.86. The Morgan fingerprint density at radius 3 is 2.75 bits per heavy atom. The van der Waals surface area contributed by atoms with E-state index in [0.29, 0.717) is 30.9 Å². The Morgan fingerprint density at radius 1 is 1.18 bits per heavy atom. The van der Waals surface area contributed by atoms with E-state index in [1.165, 1.54) is 0 Å². The molecule has 4 rings (SSSR count). The van der Waals surface area contributed by atoms with Crippen LogP contribution in [0, 0.1) is 5.92 Å². The van der Waals surface area contributed by atoms with E-state index in [-0.39, 0.29) is 24.3 Å². The van der Waals surface area contributed by atoms with E-state index in [1.54, 1.807) is 18.2 Å². The zero-order valence-electron chi connectivity index (χ0n) is 15.0. The van der Waals surface area contributed by atoms with Crippen molar-refractivity contribution in [3.8, 4) is 0 Å². The summed E-state index contributed by atoms with van der Waals surface area (Å²) in [6, 6.07) is 4.11. The molecule has 1 N–H and O–H groups in total. The Balaban J connectivity index is 1.63. The molecular weight excluding hydrogens is 364 g/mol. The predicted octanol–water partition coefficient (Wildman–Crippen LogP) is 1.22. The van der Waals surface area contributed by atoms with Gasteiger partial charge in [0.1, 0.15) is 6.04 Å². The van der Waals surface area contributed by atoms with Gasteiger partial charge >= 0.3 is 0 Å². The van der Waals surface area contributed by atoms with Crippen molar-refractivity contribution in [2.24, 2.45) is 11.0 Å². The lowest BCUT2D eigenvalue weighted by molar-refractivity contribution is -0.136. The van der Waals surface area contributed by atoms with Crippen molar-refractivity contribution in [2.45, 2.75) is 25.3 Å². The van der Waals surface area contributed by atoms with Crippen LogP contribution in [0.5, 0.6) is 0 Å². The fraction of sp³-hybridized carbons (Fsp3) is 0.444. The van der Waals surface area contributed by atoms with Crippen LogP contribution in [-0.2, 0) is 9.59 Å². The van der Waals surface area contributed by atoms with Crippen molar-refractivity contribution in [1.82, 2.24) is 10.2 Å². The maximum atomic E-state index is 13.1. The number of nitrogens with one attached hydrogen (secondary N) is 1. The number of hydrogen-bond donors (Lipinski definition) is 1. The van der Waals surface area contributed by atoms with Crippen molar-refractivity contribution in [1.29, 1.82) is 0 Å². The number of rotatable bonds is 4. The molecule has 0 radical (unpaired) electrons. The molecule has 0 bridgehead atoms. The maximum Gasteiger partial charge on any atom is 0.264 e. The highest BCUT2D eigenvalue weighted by atomic mass is 16.2. The van der Waals surface area contributed by atoms with E-state index in [9.17, 15) is 19.2 Å². The lowest BCUT2D eigenvalue weighted by Gasteiger charge is -2.28. The number of anilines is 1. The summed E-state index contributed by atoms with van der Waals surface area (Å²) >= 11 is 0. The van der Waals surface area contributed by atoms with Gasteiger partial charge in [-0.1, -0.05) is 11.2 Å². The molecule has 3 aliphatic heterocycles. The zero-order chi connectivity index (χ0) is 19.8. The molecular formula is C18H18N6O4. The molecule has 10 heteroatoms. The van der Waals surface area contributed by atoms with Gasteiger partial charge in [0.25, 0.3) is 11.8 Å². The van der Waals surface area contributed by atoms with Gasteiger partial charge in [-0.3, -0.25) is 29.4 Å². The lowest BCUT2D eigenvalue weighted by atomic mass is 10.0. The van der Waals surface area contributed by atoms with Crippen LogP contribution in [0.25, 0.3) is 10.4 Å². The number of benzene rings is 1. The number of piperidine rings is 1. The quantitative estimate of drug-likeness (QED) is 0.361. The minimum atomic E-state index is -0.978. The first-order chi connectivity index (χ1) is 13.5. The number of carbonyl (C=O) groups is 4. The third-order valence-corrected chi connectivity index (χ3v) is 5.48. The van der Waals surface area contributed by atoms with Crippen LogP contribution in [0.3, 0.4) is 0 Å². The topological polar surface area (TPSA) is 136 Å². The first kappa shape index (κ1) is 18.0. The van der Waals surface area contributed by atoms with Crippen molar-refractivity contribution in [2.75, 3.05) is 24.5 Å². The molecule has 0 spiro atoms. The molecule has 0 aromatic heterocycles. The monoisotopic (exact) mass is 382 g/mol. The molecule has 10 nitrogen and oxygen atoms in total. The lowest BCUT2D eigenvalue weighted by Crippen LogP contribution is -2.54. The standard InChI is InChI=1S/C18H18N6O4/c19-22-20-8-10-6-7-23(9-10)12-3-1-2-11-15(12)18(28)24(17(11)27)13-4-5-14(25)21-16(13)26/h1-3,10,13H,4-9H2,(H,21,25,26). The Kier molecular flexibility index (Phi) is 4.48. The summed E-state index contributed by atoms with van der Waals surface area (Å²) in [5.41, 5.74) is 9.70. The van der Waals surface area contributed by atoms with Gasteiger partial charge in [-0.05, 0) is 36.4 Å². The van der Waals surface area contributed by atoms with Gasteiger partial charge in [-0.2, -0.15) is 0 Å². The number of azide groups is 1. The van der Waals surface area contributed by atoms with Crippen molar-refractivity contribution in [3.63, 3.8) is 0 Å². The van der Waals surface area contributed by atoms with Crippen LogP contribution in [-0.4, -0.2) is 54.2 Å². The molecule has 2 atom stereocenters. The Hall–Kier alpha value is -3.39. The number of imide groups is 2. The third kappa shape index (κ3) is 2.87. The molecule has 2 saturated heterocycles. The van der Waals surface area contributed by atoms with Crippen LogP contribution in [0.4, 0.5) is 5.69 Å². The van der Waals surface area contributed by atoms with E-state index in [0.717, 1.165) is 11.3 Å². The summed E-state index contributed by atoms with van der Waals surface area (Å²) in [6.45, 7) is 1.69. The molecule has 4 amide bonds. The van der Waals surface area contributed by atoms with Gasteiger partial charge in [0, 0.05) is 31.0 Å². The second kappa shape index (κ2) is 6.97. The largest absolute Gasteiger partial charge is 0.371 e. The summed E-state index contributed by atoms with van der Waals surface area (Å²) in [5, 5.41) is 5.82. The molecule has 0 aliphatic carbocycles. The van der Waals surface area contributed by atoms with Gasteiger partial charge in [0.2, 0.25) is 11.8 Å². The Morgan fingerprint density at radius 2 is 2.00 bits per heavy atom. The second-order valence-electron chi connectivity index (χ2n) is 7.16. The van der Waals surface area contributed by atoms with E-state index >= 15 is 0 Å². The molecule has 3 heterocycles. The van der Waals surface area contributed by atoms with E-state index < -0.39 is 29.7 Å². The average molecular weight is 382 g/mol. The third-order valence-electron chi connectivity index (χ3n) is 5.48. The molecule has 1 aromatic rings. The minimum Gasteiger partial charge on any atom is -0.371 e. The SMILES string of the molecule is [N-]=[N+]=NCC1CCN(c2cccc3c2C(=O)N(C2CCC(=O)NC2=O)C3=O)C1. The summed E-state index contributed by atoms with van der Waals surface area (Å²) in [7, 11) is 0. The number of carbonyl (C=O) groups excluding carboxylic acids is 4. The molecule has 28 heavy (non-hydrogen) atoms. The van der Waals surface area contributed by atoms with Crippen LogP contribution in [0.1, 0.15) is 40.0 Å². The Bertz CT molecular complexity index is 938. The summed E-state index contributed by atoms with van der Waals surface area (Å²) in [4.78, 5) is 55.3. The highest BCUT2D eigenvalue weighted by Gasteiger charge is 2.46. The predicted molar refractivity (Wildman–Crippen MR) is 97.4 cm³/mol. The minimum absolute atomic E-state index is 0.0872. The van der Waals surface area contributed by atoms with Crippen LogP contribution in [0.15, 0.2) is 23.3 Å². The number of nitrogens with zero attached hydrogens (tertiary/aromatic N) is 5.